The Balaban J connectivity index is 0.000000178. The zero-order valence-corrected chi connectivity index (χ0v) is 12.2. The van der Waals surface area contributed by atoms with E-state index < -0.39 is 0 Å². The smallest absolute Gasteiger partial charge is 0.112 e. The van der Waals surface area contributed by atoms with Gasteiger partial charge in [-0.05, 0) is 12.5 Å². The summed E-state index contributed by atoms with van der Waals surface area (Å²) >= 11 is 0. The summed E-state index contributed by atoms with van der Waals surface area (Å²) in [5.74, 6) is 1.10. The lowest BCUT2D eigenvalue weighted by atomic mass is 10.1. The summed E-state index contributed by atoms with van der Waals surface area (Å²) in [7, 11) is 3.98. The largest absolute Gasteiger partial charge is 0.340 e. The number of hydrogen-bond donors (Lipinski definition) is 0. The van der Waals surface area contributed by atoms with Crippen LogP contribution in [-0.2, 0) is 20.5 Å². The van der Waals surface area contributed by atoms with E-state index in [2.05, 4.69) is 34.2 Å². The molecule has 2 heterocycles. The van der Waals surface area contributed by atoms with Crippen LogP contribution >= 0.6 is 0 Å². The molecule has 0 saturated heterocycles. The van der Waals surface area contributed by atoms with E-state index in [1.54, 1.807) is 6.33 Å². The van der Waals surface area contributed by atoms with Gasteiger partial charge in [0, 0.05) is 39.1 Å². The molecular formula is C16H20N4. The van der Waals surface area contributed by atoms with E-state index in [9.17, 15) is 0 Å². The normalized spacial score (nSPS) is 9.95. The molecule has 3 aromatic rings. The van der Waals surface area contributed by atoms with Gasteiger partial charge in [-0.2, -0.15) is 0 Å². The molecule has 3 rings (SSSR count). The van der Waals surface area contributed by atoms with Gasteiger partial charge in [0.2, 0.25) is 0 Å². The fraction of sp³-hybridized carbons (Fsp3) is 0.250. The highest BCUT2D eigenvalue weighted by Crippen LogP contribution is 2.05. The maximum absolute atomic E-state index is 4.27. The van der Waals surface area contributed by atoms with Gasteiger partial charge >= 0.3 is 0 Å². The van der Waals surface area contributed by atoms with Crippen molar-refractivity contribution in [2.75, 3.05) is 0 Å². The van der Waals surface area contributed by atoms with Gasteiger partial charge in [-0.3, -0.25) is 0 Å². The highest BCUT2D eigenvalue weighted by molar-refractivity contribution is 5.19. The predicted molar refractivity (Wildman–Crippen MR) is 80.4 cm³/mol. The van der Waals surface area contributed by atoms with Gasteiger partial charge in [0.05, 0.1) is 12.0 Å². The van der Waals surface area contributed by atoms with Crippen molar-refractivity contribution in [2.45, 2.75) is 13.3 Å². The maximum Gasteiger partial charge on any atom is 0.112 e. The Morgan fingerprint density at radius 2 is 1.80 bits per heavy atom. The van der Waals surface area contributed by atoms with Crippen molar-refractivity contribution in [3.63, 3.8) is 0 Å². The molecule has 0 radical (unpaired) electrons. The second-order valence-electron chi connectivity index (χ2n) is 4.80. The van der Waals surface area contributed by atoms with Crippen molar-refractivity contribution in [2.24, 2.45) is 14.1 Å². The fourth-order valence-electron chi connectivity index (χ4n) is 1.89. The summed E-state index contributed by atoms with van der Waals surface area (Å²) in [5.41, 5.74) is 2.37. The number of rotatable bonds is 2. The van der Waals surface area contributed by atoms with Gasteiger partial charge in [-0.15, -0.1) is 0 Å². The van der Waals surface area contributed by atoms with Crippen LogP contribution in [0.2, 0.25) is 0 Å². The molecule has 0 aliphatic heterocycles. The van der Waals surface area contributed by atoms with Crippen LogP contribution in [0.4, 0.5) is 0 Å². The van der Waals surface area contributed by atoms with E-state index in [1.165, 1.54) is 5.56 Å². The second kappa shape index (κ2) is 6.70. The van der Waals surface area contributed by atoms with E-state index in [1.807, 2.05) is 54.8 Å². The van der Waals surface area contributed by atoms with E-state index in [0.29, 0.717) is 0 Å². The Morgan fingerprint density at radius 1 is 1.05 bits per heavy atom. The van der Waals surface area contributed by atoms with Crippen LogP contribution in [0.5, 0.6) is 0 Å². The lowest BCUT2D eigenvalue weighted by Crippen LogP contribution is -1.97. The van der Waals surface area contributed by atoms with Crippen LogP contribution in [0.25, 0.3) is 0 Å². The van der Waals surface area contributed by atoms with Crippen molar-refractivity contribution >= 4 is 0 Å². The lowest BCUT2D eigenvalue weighted by Gasteiger charge is -2.00. The first-order valence-electron chi connectivity index (χ1n) is 6.60. The van der Waals surface area contributed by atoms with Crippen LogP contribution in [0.3, 0.4) is 0 Å². The first kappa shape index (κ1) is 14.1. The van der Waals surface area contributed by atoms with Gasteiger partial charge in [-0.25, -0.2) is 9.97 Å². The molecule has 0 amide bonds. The lowest BCUT2D eigenvalue weighted by molar-refractivity contribution is 0.822. The van der Waals surface area contributed by atoms with Crippen molar-refractivity contribution in [3.8, 4) is 0 Å². The number of benzene rings is 1. The molecule has 2 aromatic heterocycles. The topological polar surface area (TPSA) is 35.6 Å². The summed E-state index contributed by atoms with van der Waals surface area (Å²) < 4.78 is 3.97. The van der Waals surface area contributed by atoms with E-state index in [4.69, 9.17) is 0 Å². The standard InChI is InChI=1S/C11H12N2.C5H8N2/c1-13-8-7-12-11(13)9-10-5-3-2-4-6-10;1-5-3-7(2)4-6-5/h2-8H,9H2,1H3;3-4H,1-2H3. The summed E-state index contributed by atoms with van der Waals surface area (Å²) in [4.78, 5) is 8.25. The molecule has 0 bridgehead atoms. The Kier molecular flexibility index (Phi) is 4.71. The van der Waals surface area contributed by atoms with Gasteiger partial charge in [0.25, 0.3) is 0 Å². The van der Waals surface area contributed by atoms with Crippen molar-refractivity contribution in [1.82, 2.24) is 19.1 Å². The summed E-state index contributed by atoms with van der Waals surface area (Å²) in [6, 6.07) is 10.4. The van der Waals surface area contributed by atoms with E-state index >= 15 is 0 Å². The van der Waals surface area contributed by atoms with Gasteiger partial charge < -0.3 is 9.13 Å². The number of nitrogens with zero attached hydrogens (tertiary/aromatic N) is 4. The van der Waals surface area contributed by atoms with Crippen LogP contribution in [0.15, 0.2) is 55.2 Å². The molecule has 0 atom stereocenters. The quantitative estimate of drug-likeness (QED) is 0.716. The SMILES string of the molecule is Cc1cn(C)cn1.Cn1ccnc1Cc1ccccc1. The predicted octanol–water partition coefficient (Wildman–Crippen LogP) is 2.74. The number of hydrogen-bond acceptors (Lipinski definition) is 2. The van der Waals surface area contributed by atoms with Crippen molar-refractivity contribution in [3.05, 3.63) is 72.3 Å². The Labute approximate surface area is 119 Å². The third kappa shape index (κ3) is 4.09. The summed E-state index contributed by atoms with van der Waals surface area (Å²) in [6.07, 6.45) is 8.47. The Hall–Kier alpha value is -2.36. The minimum absolute atomic E-state index is 0.907. The molecule has 0 saturated carbocycles. The van der Waals surface area contributed by atoms with Crippen LogP contribution in [0, 0.1) is 6.92 Å². The van der Waals surface area contributed by atoms with Crippen molar-refractivity contribution < 1.29 is 0 Å². The zero-order valence-electron chi connectivity index (χ0n) is 12.2. The molecule has 0 spiro atoms. The average Bonchev–Trinajstić information content (AvgIpc) is 3.01. The Morgan fingerprint density at radius 3 is 2.25 bits per heavy atom. The van der Waals surface area contributed by atoms with E-state index in [0.717, 1.165) is 17.9 Å². The highest BCUT2D eigenvalue weighted by atomic mass is 15.0. The third-order valence-corrected chi connectivity index (χ3v) is 2.96. The van der Waals surface area contributed by atoms with Gasteiger partial charge in [0.1, 0.15) is 5.82 Å². The van der Waals surface area contributed by atoms with Crippen LogP contribution in [0.1, 0.15) is 17.1 Å². The third-order valence-electron chi connectivity index (χ3n) is 2.96. The molecule has 0 unspecified atom stereocenters. The molecular weight excluding hydrogens is 248 g/mol. The van der Waals surface area contributed by atoms with Gasteiger partial charge in [-0.1, -0.05) is 30.3 Å². The zero-order chi connectivity index (χ0) is 14.4. The minimum atomic E-state index is 0.907. The van der Waals surface area contributed by atoms with Crippen molar-refractivity contribution in [1.29, 1.82) is 0 Å². The summed E-state index contributed by atoms with van der Waals surface area (Å²) in [6.45, 7) is 1.97. The first-order chi connectivity index (χ1) is 9.65. The average molecular weight is 268 g/mol. The molecule has 4 heteroatoms. The molecule has 4 nitrogen and oxygen atoms in total. The number of aromatic nitrogens is 4. The fourth-order valence-corrected chi connectivity index (χ4v) is 1.89. The molecule has 0 N–H and O–H groups in total. The molecule has 0 aliphatic rings. The number of imidazole rings is 2. The second-order valence-corrected chi connectivity index (χ2v) is 4.80. The maximum atomic E-state index is 4.27. The van der Waals surface area contributed by atoms with Crippen LogP contribution in [-0.4, -0.2) is 19.1 Å². The first-order valence-corrected chi connectivity index (χ1v) is 6.60. The molecule has 0 fully saturated rings. The van der Waals surface area contributed by atoms with E-state index in [-0.39, 0.29) is 0 Å². The monoisotopic (exact) mass is 268 g/mol. The molecule has 0 aliphatic carbocycles. The summed E-state index contributed by atoms with van der Waals surface area (Å²) in [5, 5.41) is 0. The molecule has 20 heavy (non-hydrogen) atoms. The highest BCUT2D eigenvalue weighted by Gasteiger charge is 1.99. The number of aryl methyl sites for hydroxylation is 3. The Bertz CT molecular complexity index is 621. The van der Waals surface area contributed by atoms with Gasteiger partial charge in [0.15, 0.2) is 0 Å². The molecule has 104 valence electrons. The molecule has 1 aromatic carbocycles. The minimum Gasteiger partial charge on any atom is -0.340 e. The van der Waals surface area contributed by atoms with Crippen LogP contribution < -0.4 is 0 Å².